The lowest BCUT2D eigenvalue weighted by molar-refractivity contribution is 1.27. The lowest BCUT2D eigenvalue weighted by Gasteiger charge is -2.25. The zero-order chi connectivity index (χ0) is 28.6. The molecule has 0 fully saturated rings. The monoisotopic (exact) mass is 527 g/mol. The maximum absolute atomic E-state index is 9.82. The van der Waals surface area contributed by atoms with Gasteiger partial charge >= 0.3 is 0 Å². The minimum Gasteiger partial charge on any atom is -0.311 e. The summed E-state index contributed by atoms with van der Waals surface area (Å²) in [6, 6.07) is 41.2. The average molecular weight is 528 g/mol. The van der Waals surface area contributed by atoms with Crippen LogP contribution in [0.15, 0.2) is 115 Å². The highest BCUT2D eigenvalue weighted by atomic mass is 15.1. The van der Waals surface area contributed by atoms with Crippen LogP contribution in [0.5, 0.6) is 0 Å². The van der Waals surface area contributed by atoms with Crippen molar-refractivity contribution in [2.75, 3.05) is 4.90 Å². The van der Waals surface area contributed by atoms with Crippen molar-refractivity contribution in [2.24, 2.45) is 0 Å². The van der Waals surface area contributed by atoms with Gasteiger partial charge in [-0.1, -0.05) is 102 Å². The van der Waals surface area contributed by atoms with Crippen LogP contribution in [-0.2, 0) is 0 Å². The van der Waals surface area contributed by atoms with Gasteiger partial charge in [0.15, 0.2) is 5.69 Å². The Kier molecular flexibility index (Phi) is 8.20. The Labute approximate surface area is 242 Å². The zero-order valence-electron chi connectivity index (χ0n) is 23.1. The van der Waals surface area contributed by atoms with Crippen molar-refractivity contribution < 1.29 is 0 Å². The van der Waals surface area contributed by atoms with E-state index in [-0.39, 0.29) is 0 Å². The Morgan fingerprint density at radius 2 is 1.10 bits per heavy atom. The number of rotatable bonds is 7. The Morgan fingerprint density at radius 1 is 0.610 bits per heavy atom. The quantitative estimate of drug-likeness (QED) is 0.156. The summed E-state index contributed by atoms with van der Waals surface area (Å²) in [5, 5.41) is 9.82. The number of para-hydroxylation sites is 1. The normalized spacial score (nSPS) is 10.9. The summed E-state index contributed by atoms with van der Waals surface area (Å²) in [6.07, 6.45) is 7.76. The standard InChI is InChI=1S/C38H29N3/c1-28-9-13-30(14-10-28)15-19-32-26-38(40-3)33(25-34(32)27-39)20-16-31-17-23-37(24-18-31)41(35-7-5-4-6-8-35)36-21-11-29(2)12-22-36/h4-26H,1-2H3/b19-15+,20-16+. The van der Waals surface area contributed by atoms with E-state index in [1.165, 1.54) is 11.1 Å². The van der Waals surface area contributed by atoms with Gasteiger partial charge in [0.1, 0.15) is 0 Å². The number of nitrogens with zero attached hydrogens (tertiary/aromatic N) is 3. The number of hydrogen-bond donors (Lipinski definition) is 0. The Hall–Kier alpha value is -5.64. The van der Waals surface area contributed by atoms with E-state index in [1.54, 1.807) is 12.1 Å². The summed E-state index contributed by atoms with van der Waals surface area (Å²) in [7, 11) is 0. The van der Waals surface area contributed by atoms with Gasteiger partial charge in [0.2, 0.25) is 0 Å². The molecule has 0 N–H and O–H groups in total. The Morgan fingerprint density at radius 3 is 1.66 bits per heavy atom. The maximum Gasteiger partial charge on any atom is 0.194 e. The van der Waals surface area contributed by atoms with Crippen molar-refractivity contribution >= 4 is 47.1 Å². The van der Waals surface area contributed by atoms with Gasteiger partial charge in [0.25, 0.3) is 0 Å². The van der Waals surface area contributed by atoms with E-state index >= 15 is 0 Å². The molecule has 0 aromatic heterocycles. The molecule has 3 nitrogen and oxygen atoms in total. The molecule has 0 saturated heterocycles. The lowest BCUT2D eigenvalue weighted by Crippen LogP contribution is -2.09. The molecule has 0 spiro atoms. The highest BCUT2D eigenvalue weighted by Gasteiger charge is 2.12. The van der Waals surface area contributed by atoms with Crippen LogP contribution in [0, 0.1) is 31.8 Å². The van der Waals surface area contributed by atoms with Crippen LogP contribution in [0.25, 0.3) is 29.1 Å². The molecule has 0 radical (unpaired) electrons. The molecule has 0 heterocycles. The molecule has 5 aromatic carbocycles. The average Bonchev–Trinajstić information content (AvgIpc) is 3.02. The third-order valence-electron chi connectivity index (χ3n) is 6.89. The molecule has 0 atom stereocenters. The summed E-state index contributed by atoms with van der Waals surface area (Å²) >= 11 is 0. The highest BCUT2D eigenvalue weighted by Crippen LogP contribution is 2.35. The topological polar surface area (TPSA) is 31.4 Å². The molecule has 0 bridgehead atoms. The molecule has 5 rings (SSSR count). The fourth-order valence-corrected chi connectivity index (χ4v) is 4.59. The first-order valence-corrected chi connectivity index (χ1v) is 13.4. The summed E-state index contributed by atoms with van der Waals surface area (Å²) in [5.74, 6) is 0. The molecule has 0 aliphatic rings. The SMILES string of the molecule is [C-]#[N+]c1cc(/C=C/c2ccc(C)cc2)c(C#N)cc1/C=C/c1ccc(N(c2ccccc2)c2ccc(C)cc2)cc1. The van der Waals surface area contributed by atoms with E-state index in [0.717, 1.165) is 39.3 Å². The molecule has 0 aliphatic carbocycles. The van der Waals surface area contributed by atoms with Gasteiger partial charge < -0.3 is 4.90 Å². The largest absolute Gasteiger partial charge is 0.311 e. The second kappa shape index (κ2) is 12.5. The van der Waals surface area contributed by atoms with Gasteiger partial charge in [-0.3, -0.25) is 0 Å². The van der Waals surface area contributed by atoms with Crippen LogP contribution in [0.3, 0.4) is 0 Å². The summed E-state index contributed by atoms with van der Waals surface area (Å²) < 4.78 is 0. The molecule has 41 heavy (non-hydrogen) atoms. The van der Waals surface area contributed by atoms with Crippen molar-refractivity contribution in [1.29, 1.82) is 5.26 Å². The van der Waals surface area contributed by atoms with Crippen LogP contribution in [-0.4, -0.2) is 0 Å². The van der Waals surface area contributed by atoms with Crippen molar-refractivity contribution in [2.45, 2.75) is 13.8 Å². The minimum atomic E-state index is 0.509. The predicted octanol–water partition coefficient (Wildman–Crippen LogP) is 10.5. The van der Waals surface area contributed by atoms with E-state index in [4.69, 9.17) is 6.57 Å². The molecular formula is C38H29N3. The van der Waals surface area contributed by atoms with Gasteiger partial charge in [-0.2, -0.15) is 5.26 Å². The van der Waals surface area contributed by atoms with Gasteiger partial charge in [-0.25, -0.2) is 4.85 Å². The highest BCUT2D eigenvalue weighted by molar-refractivity contribution is 5.83. The second-order valence-corrected chi connectivity index (χ2v) is 9.90. The van der Waals surface area contributed by atoms with Gasteiger partial charge in [0, 0.05) is 17.1 Å². The van der Waals surface area contributed by atoms with Crippen LogP contribution in [0.1, 0.15) is 38.9 Å². The fourth-order valence-electron chi connectivity index (χ4n) is 4.59. The second-order valence-electron chi connectivity index (χ2n) is 9.90. The third kappa shape index (κ3) is 6.51. The fraction of sp³-hybridized carbons (Fsp3) is 0.0526. The molecule has 0 unspecified atom stereocenters. The van der Waals surface area contributed by atoms with Crippen molar-refractivity contribution in [3.05, 3.63) is 166 Å². The number of nitriles is 1. The van der Waals surface area contributed by atoms with Crippen molar-refractivity contribution in [1.82, 2.24) is 0 Å². The predicted molar refractivity (Wildman–Crippen MR) is 172 cm³/mol. The third-order valence-corrected chi connectivity index (χ3v) is 6.89. The van der Waals surface area contributed by atoms with E-state index in [1.807, 2.05) is 54.6 Å². The van der Waals surface area contributed by atoms with Crippen LogP contribution in [0.4, 0.5) is 22.7 Å². The van der Waals surface area contributed by atoms with Gasteiger partial charge in [-0.05, 0) is 84.6 Å². The summed E-state index contributed by atoms with van der Waals surface area (Å²) in [5.41, 5.74) is 10.2. The smallest absolute Gasteiger partial charge is 0.194 e. The van der Waals surface area contributed by atoms with Gasteiger partial charge in [0.05, 0.1) is 18.2 Å². The molecule has 5 aromatic rings. The summed E-state index contributed by atoms with van der Waals surface area (Å²) in [6.45, 7) is 11.9. The Bertz CT molecular complexity index is 1780. The number of anilines is 3. The zero-order valence-corrected chi connectivity index (χ0v) is 23.1. The first-order valence-electron chi connectivity index (χ1n) is 13.4. The van der Waals surface area contributed by atoms with Crippen LogP contribution < -0.4 is 4.90 Å². The van der Waals surface area contributed by atoms with E-state index in [9.17, 15) is 5.26 Å². The number of hydrogen-bond acceptors (Lipinski definition) is 2. The first kappa shape index (κ1) is 26.9. The van der Waals surface area contributed by atoms with Gasteiger partial charge in [-0.15, -0.1) is 0 Å². The number of benzene rings is 5. The minimum absolute atomic E-state index is 0.509. The van der Waals surface area contributed by atoms with E-state index in [2.05, 4.69) is 102 Å². The molecule has 0 amide bonds. The molecule has 3 heteroatoms. The lowest BCUT2D eigenvalue weighted by atomic mass is 10.0. The van der Waals surface area contributed by atoms with Crippen LogP contribution in [0.2, 0.25) is 0 Å². The van der Waals surface area contributed by atoms with Crippen molar-refractivity contribution in [3.63, 3.8) is 0 Å². The summed E-state index contributed by atoms with van der Waals surface area (Å²) in [4.78, 5) is 5.97. The van der Waals surface area contributed by atoms with Crippen LogP contribution >= 0.6 is 0 Å². The molecule has 196 valence electrons. The molecular weight excluding hydrogens is 498 g/mol. The number of aryl methyl sites for hydroxylation is 2. The first-order chi connectivity index (χ1) is 20.0. The van der Waals surface area contributed by atoms with E-state index in [0.29, 0.717) is 11.3 Å². The van der Waals surface area contributed by atoms with Crippen molar-refractivity contribution in [3.8, 4) is 6.07 Å². The molecule has 0 aliphatic heterocycles. The Balaban J connectivity index is 1.41. The maximum atomic E-state index is 9.82. The van der Waals surface area contributed by atoms with E-state index < -0.39 is 0 Å². The molecule has 0 saturated carbocycles.